The van der Waals surface area contributed by atoms with Gasteiger partial charge in [-0.05, 0) is 24.1 Å². The zero-order chi connectivity index (χ0) is 20.3. The highest BCUT2D eigenvalue weighted by molar-refractivity contribution is 6.00. The molecule has 0 aliphatic heterocycles. The van der Waals surface area contributed by atoms with Crippen molar-refractivity contribution in [1.82, 2.24) is 14.7 Å². The van der Waals surface area contributed by atoms with E-state index in [1.54, 1.807) is 36.1 Å². The van der Waals surface area contributed by atoms with Crippen molar-refractivity contribution in [3.63, 3.8) is 0 Å². The summed E-state index contributed by atoms with van der Waals surface area (Å²) < 4.78 is 8.33. The normalized spacial score (nSPS) is 11.4. The average Bonchev–Trinajstić information content (AvgIpc) is 2.68. The van der Waals surface area contributed by atoms with Gasteiger partial charge in [-0.25, -0.2) is 4.57 Å². The van der Waals surface area contributed by atoms with Crippen LogP contribution in [0.2, 0.25) is 0 Å². The number of ether oxygens (including phenoxy) is 1. The number of aromatic nitrogens is 3. The van der Waals surface area contributed by atoms with Gasteiger partial charge in [0.15, 0.2) is 0 Å². The minimum atomic E-state index is -0.300. The van der Waals surface area contributed by atoms with Crippen molar-refractivity contribution in [1.29, 1.82) is 0 Å². The number of rotatable bonds is 7. The number of pyridine rings is 2. The molecule has 0 bridgehead atoms. The highest BCUT2D eigenvalue weighted by atomic mass is 16.5. The molecule has 1 amide bonds. The lowest BCUT2D eigenvalue weighted by molar-refractivity contribution is -0.659. The van der Waals surface area contributed by atoms with Gasteiger partial charge in [-0.1, -0.05) is 24.9 Å². The third-order valence-corrected chi connectivity index (χ3v) is 4.51. The molecule has 0 unspecified atom stereocenters. The van der Waals surface area contributed by atoms with Crippen molar-refractivity contribution in [2.45, 2.75) is 26.8 Å². The molecule has 0 aromatic carbocycles. The van der Waals surface area contributed by atoms with Gasteiger partial charge in [0.05, 0.1) is 6.54 Å². The molecule has 3 rings (SSSR count). The first-order valence-electron chi connectivity index (χ1n) is 9.34. The van der Waals surface area contributed by atoms with Gasteiger partial charge >= 0.3 is 0 Å². The van der Waals surface area contributed by atoms with E-state index in [0.717, 1.165) is 0 Å². The van der Waals surface area contributed by atoms with Gasteiger partial charge in [0.25, 0.3) is 17.1 Å². The van der Waals surface area contributed by atoms with E-state index in [0.29, 0.717) is 48.7 Å². The van der Waals surface area contributed by atoms with E-state index in [2.05, 4.69) is 10.3 Å². The number of methoxy groups -OCH3 is 1. The summed E-state index contributed by atoms with van der Waals surface area (Å²) in [5.41, 5.74) is 7.37. The lowest BCUT2D eigenvalue weighted by atomic mass is 10.1. The Balaban J connectivity index is 2.22. The van der Waals surface area contributed by atoms with Crippen molar-refractivity contribution < 1.29 is 14.1 Å². The molecule has 3 heterocycles. The number of aryl methyl sites for hydroxylation is 1. The second kappa shape index (κ2) is 8.35. The van der Waals surface area contributed by atoms with E-state index in [1.165, 1.54) is 4.40 Å². The summed E-state index contributed by atoms with van der Waals surface area (Å²) in [6.07, 6.45) is 2.33. The van der Waals surface area contributed by atoms with Gasteiger partial charge < -0.3 is 15.8 Å². The number of anilines is 1. The predicted octanol–water partition coefficient (Wildman–Crippen LogP) is 1.14. The Kier molecular flexibility index (Phi) is 5.89. The lowest BCUT2D eigenvalue weighted by Crippen LogP contribution is -2.43. The quantitative estimate of drug-likeness (QED) is 0.361. The molecule has 0 spiro atoms. The average molecular weight is 384 g/mol. The van der Waals surface area contributed by atoms with E-state index in [-0.39, 0.29) is 22.8 Å². The molecule has 148 valence electrons. The third-order valence-electron chi connectivity index (χ3n) is 4.51. The van der Waals surface area contributed by atoms with Gasteiger partial charge in [-0.2, -0.15) is 0 Å². The first kappa shape index (κ1) is 19.8. The smallest absolute Gasteiger partial charge is 0.278 e. The summed E-state index contributed by atoms with van der Waals surface area (Å²) in [7, 11) is 1.63. The molecule has 3 N–H and O–H groups in total. The minimum Gasteiger partial charge on any atom is -0.385 e. The van der Waals surface area contributed by atoms with Crippen molar-refractivity contribution in [2.24, 2.45) is 5.92 Å². The van der Waals surface area contributed by atoms with E-state index in [1.807, 2.05) is 19.9 Å². The number of nitrogens with zero attached hydrogens (tertiary/aromatic N) is 3. The maximum absolute atomic E-state index is 13.0. The largest absolute Gasteiger partial charge is 0.385 e. The van der Waals surface area contributed by atoms with Crippen molar-refractivity contribution in [2.75, 3.05) is 26.0 Å². The molecule has 0 atom stereocenters. The van der Waals surface area contributed by atoms with Crippen molar-refractivity contribution in [3.05, 3.63) is 46.4 Å². The summed E-state index contributed by atoms with van der Waals surface area (Å²) in [6, 6.07) is 6.89. The number of fused-ring (bicyclic) bond motifs is 2. The fraction of sp³-hybridized carbons (Fsp3) is 0.400. The van der Waals surface area contributed by atoms with Crippen LogP contribution in [0.1, 0.15) is 30.6 Å². The van der Waals surface area contributed by atoms with Crippen LogP contribution in [0.5, 0.6) is 0 Å². The van der Waals surface area contributed by atoms with Gasteiger partial charge in [-0.3, -0.25) is 14.0 Å². The third kappa shape index (κ3) is 3.82. The van der Waals surface area contributed by atoms with Gasteiger partial charge in [0, 0.05) is 32.9 Å². The van der Waals surface area contributed by atoms with E-state index >= 15 is 0 Å². The van der Waals surface area contributed by atoms with E-state index in [4.69, 9.17) is 10.5 Å². The molecule has 0 aliphatic rings. The molecule has 8 nitrogen and oxygen atoms in total. The molecule has 0 radical (unpaired) electrons. The SMILES string of the molecule is COCCC[n+]1c(N)c(C(=O)NCC(C)C)cc2c(=O)n3ccccc3nc21. The van der Waals surface area contributed by atoms with Crippen molar-refractivity contribution in [3.8, 4) is 0 Å². The minimum absolute atomic E-state index is 0.237. The lowest BCUT2D eigenvalue weighted by Gasteiger charge is -2.13. The fourth-order valence-corrected chi connectivity index (χ4v) is 3.07. The number of carbonyl (C=O) groups is 1. The molecular formula is C20H26N5O3+. The molecule has 0 saturated carbocycles. The number of nitrogen functional groups attached to an aromatic ring is 1. The number of nitrogens with one attached hydrogen (secondary N) is 1. The van der Waals surface area contributed by atoms with Crippen LogP contribution in [-0.2, 0) is 11.3 Å². The van der Waals surface area contributed by atoms with E-state index in [9.17, 15) is 9.59 Å². The molecule has 3 aromatic rings. The molecule has 28 heavy (non-hydrogen) atoms. The van der Waals surface area contributed by atoms with Gasteiger partial charge in [-0.15, -0.1) is 0 Å². The molecule has 0 saturated heterocycles. The fourth-order valence-electron chi connectivity index (χ4n) is 3.07. The molecule has 3 aromatic heterocycles. The highest BCUT2D eigenvalue weighted by Crippen LogP contribution is 2.15. The van der Waals surface area contributed by atoms with Crippen LogP contribution >= 0.6 is 0 Å². The Bertz CT molecular complexity index is 1070. The number of amides is 1. The first-order chi connectivity index (χ1) is 13.4. The van der Waals surface area contributed by atoms with Gasteiger partial charge in [0.2, 0.25) is 11.5 Å². The zero-order valence-corrected chi connectivity index (χ0v) is 16.4. The van der Waals surface area contributed by atoms with Crippen LogP contribution in [0, 0.1) is 5.92 Å². The maximum Gasteiger partial charge on any atom is 0.278 e. The molecular weight excluding hydrogens is 358 g/mol. The molecule has 0 aliphatic carbocycles. The Morgan fingerprint density at radius 2 is 2.18 bits per heavy atom. The summed E-state index contributed by atoms with van der Waals surface area (Å²) in [5.74, 6) is 0.291. The Labute approximate surface area is 163 Å². The summed E-state index contributed by atoms with van der Waals surface area (Å²) in [5, 5.41) is 3.22. The number of hydrogen-bond donors (Lipinski definition) is 2. The predicted molar refractivity (Wildman–Crippen MR) is 107 cm³/mol. The van der Waals surface area contributed by atoms with Crippen LogP contribution in [-0.4, -0.2) is 35.6 Å². The maximum atomic E-state index is 13.0. The van der Waals surface area contributed by atoms with Crippen LogP contribution in [0.25, 0.3) is 16.7 Å². The Hall–Kier alpha value is -3.00. The Morgan fingerprint density at radius 3 is 2.89 bits per heavy atom. The van der Waals surface area contributed by atoms with Crippen LogP contribution in [0.4, 0.5) is 5.82 Å². The molecule has 8 heteroatoms. The standard InChI is InChI=1S/C20H25N5O3/c1-13(2)12-22-19(26)14-11-15-18(25(17(14)21)9-6-10-28-3)23-16-7-4-5-8-24(16)20(15)27/h4-5,7-8,11,13,21H,6,9-10,12H2,1-3H3,(H,22,26)/p+1. The number of hydrogen-bond acceptors (Lipinski definition) is 5. The second-order valence-corrected chi connectivity index (χ2v) is 7.13. The van der Waals surface area contributed by atoms with Crippen LogP contribution in [0.3, 0.4) is 0 Å². The van der Waals surface area contributed by atoms with E-state index < -0.39 is 0 Å². The summed E-state index contributed by atoms with van der Waals surface area (Å²) in [4.78, 5) is 30.4. The second-order valence-electron chi connectivity index (χ2n) is 7.13. The highest BCUT2D eigenvalue weighted by Gasteiger charge is 2.24. The van der Waals surface area contributed by atoms with Crippen LogP contribution in [0.15, 0.2) is 35.3 Å². The Morgan fingerprint density at radius 1 is 1.39 bits per heavy atom. The topological polar surface area (TPSA) is 103 Å². The van der Waals surface area contributed by atoms with Crippen LogP contribution < -0.4 is 21.2 Å². The monoisotopic (exact) mass is 384 g/mol. The van der Waals surface area contributed by atoms with Gasteiger partial charge in [0.1, 0.15) is 10.9 Å². The zero-order valence-electron chi connectivity index (χ0n) is 16.4. The number of carbonyl (C=O) groups excluding carboxylic acids is 1. The number of nitrogens with two attached hydrogens (primary N) is 1. The van der Waals surface area contributed by atoms with Crippen molar-refractivity contribution >= 4 is 28.4 Å². The first-order valence-corrected chi connectivity index (χ1v) is 9.34. The summed E-state index contributed by atoms with van der Waals surface area (Å²) in [6.45, 7) is 5.56. The summed E-state index contributed by atoms with van der Waals surface area (Å²) >= 11 is 0. The molecule has 0 fully saturated rings.